The van der Waals surface area contributed by atoms with Crippen LogP contribution < -0.4 is 10.6 Å². The zero-order chi connectivity index (χ0) is 12.3. The fraction of sp³-hybridized carbons (Fsp3) is 0.917. The van der Waals surface area contributed by atoms with Crippen LogP contribution in [0.3, 0.4) is 0 Å². The van der Waals surface area contributed by atoms with Crippen molar-refractivity contribution in [3.05, 3.63) is 0 Å². The van der Waals surface area contributed by atoms with Gasteiger partial charge in [-0.15, -0.1) is 0 Å². The SMILES string of the molecule is CNC1CCC(N(C)CC2CNC(=O)O2)CC1. The number of likely N-dealkylation sites (N-methyl/N-ethyl adjacent to an activating group) is 1. The van der Waals surface area contributed by atoms with Gasteiger partial charge in [-0.3, -0.25) is 4.90 Å². The van der Waals surface area contributed by atoms with Crippen LogP contribution in [0.5, 0.6) is 0 Å². The van der Waals surface area contributed by atoms with E-state index in [0.717, 1.165) is 6.54 Å². The molecule has 2 rings (SSSR count). The molecule has 0 aromatic rings. The minimum atomic E-state index is -0.276. The molecule has 0 radical (unpaired) electrons. The third-order valence-corrected chi connectivity index (χ3v) is 3.97. The van der Waals surface area contributed by atoms with Crippen LogP contribution in [0.25, 0.3) is 0 Å². The molecule has 0 aromatic carbocycles. The van der Waals surface area contributed by atoms with E-state index >= 15 is 0 Å². The molecule has 1 heterocycles. The van der Waals surface area contributed by atoms with Crippen LogP contribution in [0, 0.1) is 0 Å². The number of cyclic esters (lactones) is 1. The summed E-state index contributed by atoms with van der Waals surface area (Å²) in [5, 5.41) is 6.04. The van der Waals surface area contributed by atoms with E-state index in [9.17, 15) is 4.79 Å². The molecule has 1 aliphatic carbocycles. The van der Waals surface area contributed by atoms with Crippen molar-refractivity contribution in [3.63, 3.8) is 0 Å². The average Bonchev–Trinajstić information content (AvgIpc) is 2.75. The smallest absolute Gasteiger partial charge is 0.407 e. The summed E-state index contributed by atoms with van der Waals surface area (Å²) in [6, 6.07) is 1.32. The number of hydrogen-bond donors (Lipinski definition) is 2. The van der Waals surface area contributed by atoms with Gasteiger partial charge >= 0.3 is 6.09 Å². The summed E-state index contributed by atoms with van der Waals surface area (Å²) in [7, 11) is 4.18. The standard InChI is InChI=1S/C12H23N3O2/c1-13-9-3-5-10(6-4-9)15(2)8-11-7-14-12(16)17-11/h9-11,13H,3-8H2,1-2H3,(H,14,16). The molecule has 1 atom stereocenters. The minimum Gasteiger partial charge on any atom is -0.443 e. The molecule has 0 aromatic heterocycles. The lowest BCUT2D eigenvalue weighted by Crippen LogP contribution is -2.43. The molecule has 2 N–H and O–H groups in total. The fourth-order valence-corrected chi connectivity index (χ4v) is 2.81. The first-order valence-corrected chi connectivity index (χ1v) is 6.51. The highest BCUT2D eigenvalue weighted by molar-refractivity contribution is 5.69. The highest BCUT2D eigenvalue weighted by Crippen LogP contribution is 2.22. The van der Waals surface area contributed by atoms with E-state index in [1.807, 2.05) is 7.05 Å². The van der Waals surface area contributed by atoms with E-state index in [2.05, 4.69) is 22.6 Å². The van der Waals surface area contributed by atoms with Crippen LogP contribution in [-0.4, -0.2) is 56.4 Å². The lowest BCUT2D eigenvalue weighted by molar-refractivity contribution is 0.0901. The van der Waals surface area contributed by atoms with Gasteiger partial charge in [-0.2, -0.15) is 0 Å². The third kappa shape index (κ3) is 3.33. The Morgan fingerprint density at radius 2 is 2.12 bits per heavy atom. The molecular formula is C12H23N3O2. The number of nitrogens with one attached hydrogen (secondary N) is 2. The predicted molar refractivity (Wildman–Crippen MR) is 66.0 cm³/mol. The molecule has 1 saturated carbocycles. The first-order chi connectivity index (χ1) is 8.19. The van der Waals surface area contributed by atoms with E-state index in [0.29, 0.717) is 18.6 Å². The summed E-state index contributed by atoms with van der Waals surface area (Å²) in [5.74, 6) is 0. The molecule has 98 valence electrons. The van der Waals surface area contributed by atoms with Crippen LogP contribution >= 0.6 is 0 Å². The van der Waals surface area contributed by atoms with Gasteiger partial charge in [0.15, 0.2) is 0 Å². The van der Waals surface area contributed by atoms with Crippen LogP contribution in [0.1, 0.15) is 25.7 Å². The van der Waals surface area contributed by atoms with Gasteiger partial charge in [0, 0.05) is 18.6 Å². The van der Waals surface area contributed by atoms with Gasteiger partial charge in [-0.1, -0.05) is 0 Å². The number of alkyl carbamates (subject to hydrolysis) is 1. The van der Waals surface area contributed by atoms with E-state index in [4.69, 9.17) is 4.74 Å². The van der Waals surface area contributed by atoms with Crippen LogP contribution in [0.4, 0.5) is 4.79 Å². The summed E-state index contributed by atoms with van der Waals surface area (Å²) >= 11 is 0. The van der Waals surface area contributed by atoms with Crippen molar-refractivity contribution < 1.29 is 9.53 Å². The number of rotatable bonds is 4. The van der Waals surface area contributed by atoms with Crippen LogP contribution in [0.15, 0.2) is 0 Å². The second-order valence-corrected chi connectivity index (χ2v) is 5.14. The third-order valence-electron chi connectivity index (χ3n) is 3.97. The molecule has 1 unspecified atom stereocenters. The molecule has 2 fully saturated rings. The van der Waals surface area contributed by atoms with Crippen LogP contribution in [0.2, 0.25) is 0 Å². The zero-order valence-corrected chi connectivity index (χ0v) is 10.7. The Bertz CT molecular complexity index is 264. The summed E-state index contributed by atoms with van der Waals surface area (Å²) < 4.78 is 5.16. The van der Waals surface area contributed by atoms with Crippen molar-refractivity contribution in [1.82, 2.24) is 15.5 Å². The largest absolute Gasteiger partial charge is 0.443 e. The topological polar surface area (TPSA) is 53.6 Å². The Hall–Kier alpha value is -0.810. The maximum atomic E-state index is 10.9. The number of carbonyl (C=O) groups is 1. The molecule has 5 nitrogen and oxygen atoms in total. The number of amides is 1. The summed E-state index contributed by atoms with van der Waals surface area (Å²) in [6.07, 6.45) is 4.70. The van der Waals surface area contributed by atoms with E-state index in [1.54, 1.807) is 0 Å². The molecular weight excluding hydrogens is 218 g/mol. The Balaban J connectivity index is 1.73. The van der Waals surface area contributed by atoms with Crippen molar-refractivity contribution in [2.24, 2.45) is 0 Å². The number of nitrogens with zero attached hydrogens (tertiary/aromatic N) is 1. The Kier molecular flexibility index (Phi) is 4.23. The average molecular weight is 241 g/mol. The van der Waals surface area contributed by atoms with Gasteiger partial charge in [-0.05, 0) is 39.8 Å². The molecule has 5 heteroatoms. The Morgan fingerprint density at radius 1 is 1.41 bits per heavy atom. The van der Waals surface area contributed by atoms with Crippen molar-refractivity contribution >= 4 is 6.09 Å². The maximum absolute atomic E-state index is 10.9. The van der Waals surface area contributed by atoms with E-state index in [-0.39, 0.29) is 12.2 Å². The van der Waals surface area contributed by atoms with Gasteiger partial charge in [0.2, 0.25) is 0 Å². The first kappa shape index (κ1) is 12.6. The lowest BCUT2D eigenvalue weighted by Gasteiger charge is -2.35. The van der Waals surface area contributed by atoms with E-state index in [1.165, 1.54) is 25.7 Å². The number of hydrogen-bond acceptors (Lipinski definition) is 4. The second kappa shape index (κ2) is 5.69. The fourth-order valence-electron chi connectivity index (χ4n) is 2.81. The van der Waals surface area contributed by atoms with Crippen molar-refractivity contribution in [2.75, 3.05) is 27.2 Å². The minimum absolute atomic E-state index is 0.0227. The molecule has 0 spiro atoms. The normalized spacial score (nSPS) is 33.6. The predicted octanol–water partition coefficient (Wildman–Crippen LogP) is 0.557. The molecule has 2 aliphatic rings. The summed E-state index contributed by atoms with van der Waals surface area (Å²) in [4.78, 5) is 13.3. The number of carbonyl (C=O) groups excluding carboxylic acids is 1. The van der Waals surface area contributed by atoms with Gasteiger partial charge < -0.3 is 15.4 Å². The molecule has 1 aliphatic heterocycles. The van der Waals surface area contributed by atoms with Gasteiger partial charge in [0.1, 0.15) is 6.10 Å². The molecule has 0 bridgehead atoms. The van der Waals surface area contributed by atoms with Gasteiger partial charge in [0.05, 0.1) is 6.54 Å². The van der Waals surface area contributed by atoms with Crippen molar-refractivity contribution in [1.29, 1.82) is 0 Å². The first-order valence-electron chi connectivity index (χ1n) is 6.51. The van der Waals surface area contributed by atoms with E-state index < -0.39 is 0 Å². The summed E-state index contributed by atoms with van der Waals surface area (Å²) in [6.45, 7) is 1.49. The quantitative estimate of drug-likeness (QED) is 0.755. The molecule has 1 amide bonds. The molecule has 1 saturated heterocycles. The summed E-state index contributed by atoms with van der Waals surface area (Å²) in [5.41, 5.74) is 0. The lowest BCUT2D eigenvalue weighted by atomic mass is 9.90. The Labute approximate surface area is 103 Å². The highest BCUT2D eigenvalue weighted by atomic mass is 16.6. The monoisotopic (exact) mass is 241 g/mol. The van der Waals surface area contributed by atoms with Gasteiger partial charge in [-0.25, -0.2) is 4.79 Å². The maximum Gasteiger partial charge on any atom is 0.407 e. The Morgan fingerprint density at radius 3 is 2.65 bits per heavy atom. The van der Waals surface area contributed by atoms with Crippen molar-refractivity contribution in [3.8, 4) is 0 Å². The van der Waals surface area contributed by atoms with Crippen LogP contribution in [-0.2, 0) is 4.74 Å². The zero-order valence-electron chi connectivity index (χ0n) is 10.7. The molecule has 17 heavy (non-hydrogen) atoms. The number of ether oxygens (including phenoxy) is 1. The van der Waals surface area contributed by atoms with Crippen molar-refractivity contribution in [2.45, 2.75) is 43.9 Å². The van der Waals surface area contributed by atoms with Gasteiger partial charge in [0.25, 0.3) is 0 Å². The second-order valence-electron chi connectivity index (χ2n) is 5.14. The highest BCUT2D eigenvalue weighted by Gasteiger charge is 2.28.